The fourth-order valence-electron chi connectivity index (χ4n) is 2.73. The fourth-order valence-corrected chi connectivity index (χ4v) is 4.15. The summed E-state index contributed by atoms with van der Waals surface area (Å²) in [6.07, 6.45) is 5.95. The predicted octanol–water partition coefficient (Wildman–Crippen LogP) is 2.13. The molecule has 4 nitrogen and oxygen atoms in total. The highest BCUT2D eigenvalue weighted by Crippen LogP contribution is 2.28. The molecule has 2 atom stereocenters. The molecule has 2 rings (SSSR count). The van der Waals surface area contributed by atoms with Crippen LogP contribution >= 0.6 is 11.8 Å². The number of thioether (sulfide) groups is 1. The number of nitrogens with zero attached hydrogens (tertiary/aromatic N) is 2. The van der Waals surface area contributed by atoms with Crippen LogP contribution < -0.4 is 11.3 Å². The predicted molar refractivity (Wildman–Crippen MR) is 82.2 cm³/mol. The minimum Gasteiger partial charge on any atom is -0.271 e. The Bertz CT molecular complexity index is 385. The largest absolute Gasteiger partial charge is 0.271 e. The van der Waals surface area contributed by atoms with Gasteiger partial charge in [0, 0.05) is 30.0 Å². The van der Waals surface area contributed by atoms with E-state index in [-0.39, 0.29) is 0 Å². The van der Waals surface area contributed by atoms with Gasteiger partial charge < -0.3 is 0 Å². The van der Waals surface area contributed by atoms with Crippen molar-refractivity contribution in [2.75, 3.05) is 5.75 Å². The van der Waals surface area contributed by atoms with Gasteiger partial charge in [-0.15, -0.1) is 0 Å². The average Bonchev–Trinajstić information content (AvgIpc) is 2.87. The van der Waals surface area contributed by atoms with Crippen LogP contribution in [0.25, 0.3) is 0 Å². The highest BCUT2D eigenvalue weighted by Gasteiger charge is 2.24. The smallest absolute Gasteiger partial charge is 0.0624 e. The average molecular weight is 282 g/mol. The van der Waals surface area contributed by atoms with E-state index in [9.17, 15) is 0 Å². The quantitative estimate of drug-likeness (QED) is 0.620. The molecule has 0 bridgehead atoms. The molecule has 3 N–H and O–H groups in total. The van der Waals surface area contributed by atoms with Gasteiger partial charge in [0.15, 0.2) is 0 Å². The molecular weight excluding hydrogens is 256 g/mol. The Morgan fingerprint density at radius 3 is 2.95 bits per heavy atom. The third-order valence-corrected chi connectivity index (χ3v) is 5.40. The highest BCUT2D eigenvalue weighted by atomic mass is 32.2. The number of nitrogens with one attached hydrogen (secondary N) is 1. The third-order valence-electron chi connectivity index (χ3n) is 3.88. The monoisotopic (exact) mass is 282 g/mol. The van der Waals surface area contributed by atoms with Crippen LogP contribution in [0.1, 0.15) is 44.5 Å². The van der Waals surface area contributed by atoms with Crippen molar-refractivity contribution in [3.05, 3.63) is 17.5 Å². The number of rotatable bonds is 6. The number of aryl methyl sites for hydroxylation is 2. The molecule has 1 aromatic heterocycles. The molecule has 0 amide bonds. The van der Waals surface area contributed by atoms with E-state index < -0.39 is 0 Å². The van der Waals surface area contributed by atoms with Gasteiger partial charge in [0.2, 0.25) is 0 Å². The first kappa shape index (κ1) is 14.9. The first-order valence-corrected chi connectivity index (χ1v) is 8.46. The summed E-state index contributed by atoms with van der Waals surface area (Å²) in [5.41, 5.74) is 5.53. The maximum absolute atomic E-state index is 5.79. The molecule has 5 heteroatoms. The van der Waals surface area contributed by atoms with Crippen LogP contribution in [-0.4, -0.2) is 26.8 Å². The Balaban J connectivity index is 2.06. The Morgan fingerprint density at radius 2 is 2.37 bits per heavy atom. The zero-order chi connectivity index (χ0) is 13.7. The van der Waals surface area contributed by atoms with Gasteiger partial charge in [0.25, 0.3) is 0 Å². The van der Waals surface area contributed by atoms with E-state index in [1.165, 1.54) is 36.4 Å². The Hall–Kier alpha value is -0.520. The Kier molecular flexibility index (Phi) is 5.73. The molecule has 2 heterocycles. The molecule has 1 aliphatic rings. The first-order valence-electron chi connectivity index (χ1n) is 7.41. The standard InChI is InChI=1S/C14H26N4S/c1-3-11-9-12(18(4-2)17-11)10-13(16-15)14-7-5-6-8-19-14/h9,13-14,16H,3-8,10,15H2,1-2H3. The van der Waals surface area contributed by atoms with Gasteiger partial charge in [-0.05, 0) is 38.0 Å². The summed E-state index contributed by atoms with van der Waals surface area (Å²) in [5.74, 6) is 7.06. The van der Waals surface area contributed by atoms with Crippen molar-refractivity contribution >= 4 is 11.8 Å². The van der Waals surface area contributed by atoms with Crippen molar-refractivity contribution in [3.63, 3.8) is 0 Å². The molecular formula is C14H26N4S. The lowest BCUT2D eigenvalue weighted by Gasteiger charge is -2.29. The molecule has 0 aliphatic carbocycles. The van der Waals surface area contributed by atoms with E-state index in [0.717, 1.165) is 19.4 Å². The fraction of sp³-hybridized carbons (Fsp3) is 0.786. The summed E-state index contributed by atoms with van der Waals surface area (Å²) in [6.45, 7) is 5.24. The zero-order valence-electron chi connectivity index (χ0n) is 12.1. The highest BCUT2D eigenvalue weighted by molar-refractivity contribution is 8.00. The van der Waals surface area contributed by atoms with Gasteiger partial charge in [-0.2, -0.15) is 16.9 Å². The maximum Gasteiger partial charge on any atom is 0.0624 e. The normalized spacial score (nSPS) is 21.5. The second kappa shape index (κ2) is 7.31. The second-order valence-electron chi connectivity index (χ2n) is 5.18. The molecule has 1 saturated heterocycles. The molecule has 108 valence electrons. The van der Waals surface area contributed by atoms with Crippen LogP contribution in [0.2, 0.25) is 0 Å². The van der Waals surface area contributed by atoms with Crippen molar-refractivity contribution in [2.24, 2.45) is 5.84 Å². The first-order chi connectivity index (χ1) is 9.28. The maximum atomic E-state index is 5.79. The van der Waals surface area contributed by atoms with Crippen molar-refractivity contribution in [1.29, 1.82) is 0 Å². The van der Waals surface area contributed by atoms with Crippen LogP contribution in [0.15, 0.2) is 6.07 Å². The summed E-state index contributed by atoms with van der Waals surface area (Å²) in [7, 11) is 0. The number of hydrogen-bond donors (Lipinski definition) is 2. The molecule has 19 heavy (non-hydrogen) atoms. The summed E-state index contributed by atoms with van der Waals surface area (Å²) >= 11 is 2.07. The van der Waals surface area contributed by atoms with E-state index in [1.54, 1.807) is 0 Å². The summed E-state index contributed by atoms with van der Waals surface area (Å²) in [4.78, 5) is 0. The van der Waals surface area contributed by atoms with E-state index in [0.29, 0.717) is 11.3 Å². The number of hydrogen-bond acceptors (Lipinski definition) is 4. The summed E-state index contributed by atoms with van der Waals surface area (Å²) in [6, 6.07) is 2.60. The molecule has 1 aliphatic heterocycles. The van der Waals surface area contributed by atoms with E-state index in [4.69, 9.17) is 5.84 Å². The van der Waals surface area contributed by atoms with Gasteiger partial charge in [-0.1, -0.05) is 13.3 Å². The zero-order valence-corrected chi connectivity index (χ0v) is 12.9. The van der Waals surface area contributed by atoms with Crippen LogP contribution in [0, 0.1) is 0 Å². The molecule has 1 fully saturated rings. The van der Waals surface area contributed by atoms with Crippen LogP contribution in [0.3, 0.4) is 0 Å². The van der Waals surface area contributed by atoms with Crippen LogP contribution in [0.4, 0.5) is 0 Å². The second-order valence-corrected chi connectivity index (χ2v) is 6.53. The Labute approximate surface area is 120 Å². The lowest BCUT2D eigenvalue weighted by molar-refractivity contribution is 0.456. The number of aromatic nitrogens is 2. The molecule has 1 aromatic rings. The third kappa shape index (κ3) is 3.74. The van der Waals surface area contributed by atoms with Crippen molar-refractivity contribution in [1.82, 2.24) is 15.2 Å². The lowest BCUT2D eigenvalue weighted by Crippen LogP contribution is -2.45. The summed E-state index contributed by atoms with van der Waals surface area (Å²) < 4.78 is 2.12. The minimum atomic E-state index is 0.358. The number of nitrogens with two attached hydrogens (primary N) is 1. The molecule has 0 spiro atoms. The van der Waals surface area contributed by atoms with Crippen LogP contribution in [0.5, 0.6) is 0 Å². The molecule has 0 aromatic carbocycles. The Morgan fingerprint density at radius 1 is 1.53 bits per heavy atom. The SMILES string of the molecule is CCc1cc(CC(NN)C2CCCCS2)n(CC)n1. The van der Waals surface area contributed by atoms with Crippen molar-refractivity contribution in [3.8, 4) is 0 Å². The molecule has 0 saturated carbocycles. The van der Waals surface area contributed by atoms with Gasteiger partial charge in [0.1, 0.15) is 0 Å². The number of hydrazine groups is 1. The molecule has 2 unspecified atom stereocenters. The van der Waals surface area contributed by atoms with E-state index >= 15 is 0 Å². The van der Waals surface area contributed by atoms with Crippen LogP contribution in [-0.2, 0) is 19.4 Å². The van der Waals surface area contributed by atoms with Gasteiger partial charge in [-0.25, -0.2) is 0 Å². The lowest BCUT2D eigenvalue weighted by atomic mass is 10.0. The van der Waals surface area contributed by atoms with Gasteiger partial charge in [0.05, 0.1) is 5.69 Å². The topological polar surface area (TPSA) is 55.9 Å². The summed E-state index contributed by atoms with van der Waals surface area (Å²) in [5, 5.41) is 5.26. The van der Waals surface area contributed by atoms with Gasteiger partial charge in [-0.3, -0.25) is 16.0 Å². The van der Waals surface area contributed by atoms with E-state index in [1.807, 2.05) is 0 Å². The molecule has 0 radical (unpaired) electrons. The van der Waals surface area contributed by atoms with Crippen molar-refractivity contribution < 1.29 is 0 Å². The van der Waals surface area contributed by atoms with E-state index in [2.05, 4.69) is 46.9 Å². The van der Waals surface area contributed by atoms with Crippen molar-refractivity contribution in [2.45, 2.75) is 63.8 Å². The minimum absolute atomic E-state index is 0.358. The van der Waals surface area contributed by atoms with Gasteiger partial charge >= 0.3 is 0 Å².